The lowest BCUT2D eigenvalue weighted by Crippen LogP contribution is -2.40. The molecule has 1 aliphatic rings. The second-order valence-corrected chi connectivity index (χ2v) is 6.02. The van der Waals surface area contributed by atoms with Gasteiger partial charge < -0.3 is 19.2 Å². The molecule has 1 aromatic heterocycles. The van der Waals surface area contributed by atoms with Crippen LogP contribution in [0, 0.1) is 5.41 Å². The molecule has 24 heavy (non-hydrogen) atoms. The number of nitrogens with zero attached hydrogens (tertiary/aromatic N) is 1. The fraction of sp³-hybridized carbons (Fsp3) is 0.333. The van der Waals surface area contributed by atoms with Gasteiger partial charge in [-0.05, 0) is 18.1 Å². The fourth-order valence-electron chi connectivity index (χ4n) is 3.14. The second-order valence-electron chi connectivity index (χ2n) is 6.02. The van der Waals surface area contributed by atoms with Gasteiger partial charge in [0.25, 0.3) is 5.91 Å². The third kappa shape index (κ3) is 2.80. The number of likely N-dealkylation sites (tertiary alicyclic amines) is 1. The van der Waals surface area contributed by atoms with Crippen LogP contribution in [0.25, 0.3) is 11.1 Å². The molecular formula is C18H19NO5. The summed E-state index contributed by atoms with van der Waals surface area (Å²) in [7, 11) is 1.47. The Morgan fingerprint density at radius 2 is 2.04 bits per heavy atom. The highest BCUT2D eigenvalue weighted by atomic mass is 16.5. The van der Waals surface area contributed by atoms with Gasteiger partial charge in [-0.25, -0.2) is 0 Å². The van der Waals surface area contributed by atoms with Crippen molar-refractivity contribution >= 4 is 11.9 Å². The Kier molecular flexibility index (Phi) is 4.40. The molecule has 1 amide bonds. The summed E-state index contributed by atoms with van der Waals surface area (Å²) >= 11 is 0. The van der Waals surface area contributed by atoms with E-state index in [9.17, 15) is 14.7 Å². The molecule has 2 heterocycles. The van der Waals surface area contributed by atoms with E-state index < -0.39 is 11.4 Å². The molecule has 1 saturated heterocycles. The summed E-state index contributed by atoms with van der Waals surface area (Å²) in [5.41, 5.74) is 0.541. The first-order valence-electron chi connectivity index (χ1n) is 7.72. The monoisotopic (exact) mass is 329 g/mol. The second kappa shape index (κ2) is 6.49. The van der Waals surface area contributed by atoms with Crippen LogP contribution < -0.4 is 0 Å². The first kappa shape index (κ1) is 16.3. The smallest absolute Gasteiger partial charge is 0.313 e. The summed E-state index contributed by atoms with van der Waals surface area (Å²) < 4.78 is 10.5. The largest absolute Gasteiger partial charge is 0.481 e. The molecule has 1 aliphatic heterocycles. The highest BCUT2D eigenvalue weighted by Crippen LogP contribution is 2.34. The number of aliphatic carboxylic acids is 1. The summed E-state index contributed by atoms with van der Waals surface area (Å²) in [4.78, 5) is 26.0. The molecule has 3 rings (SSSR count). The lowest BCUT2D eigenvalue weighted by atomic mass is 9.88. The summed E-state index contributed by atoms with van der Waals surface area (Å²) in [5, 5.41) is 9.52. The van der Waals surface area contributed by atoms with E-state index in [0.717, 1.165) is 5.56 Å². The number of ether oxygens (including phenoxy) is 1. The van der Waals surface area contributed by atoms with Gasteiger partial charge in [-0.2, -0.15) is 0 Å². The number of rotatable bonds is 5. The molecule has 0 aliphatic carbocycles. The van der Waals surface area contributed by atoms with Gasteiger partial charge in [0.15, 0.2) is 5.76 Å². The molecular weight excluding hydrogens is 310 g/mol. The van der Waals surface area contributed by atoms with Crippen LogP contribution in [0.15, 0.2) is 47.1 Å². The van der Waals surface area contributed by atoms with Crippen LogP contribution in [0.1, 0.15) is 17.0 Å². The zero-order chi connectivity index (χ0) is 17.2. The Morgan fingerprint density at radius 1 is 1.29 bits per heavy atom. The Balaban J connectivity index is 1.84. The summed E-state index contributed by atoms with van der Waals surface area (Å²) in [5.74, 6) is -1.000. The van der Waals surface area contributed by atoms with Crippen LogP contribution in [-0.2, 0) is 9.53 Å². The van der Waals surface area contributed by atoms with E-state index in [-0.39, 0.29) is 24.8 Å². The van der Waals surface area contributed by atoms with Gasteiger partial charge >= 0.3 is 5.97 Å². The van der Waals surface area contributed by atoms with Crippen LogP contribution in [-0.4, -0.2) is 48.7 Å². The molecule has 6 nitrogen and oxygen atoms in total. The number of furan rings is 1. The highest BCUT2D eigenvalue weighted by Gasteiger charge is 2.47. The lowest BCUT2D eigenvalue weighted by Gasteiger charge is -2.23. The van der Waals surface area contributed by atoms with Gasteiger partial charge in [0, 0.05) is 25.8 Å². The van der Waals surface area contributed by atoms with E-state index in [4.69, 9.17) is 9.15 Å². The van der Waals surface area contributed by atoms with Gasteiger partial charge in [0.1, 0.15) is 5.41 Å². The van der Waals surface area contributed by atoms with E-state index in [0.29, 0.717) is 18.5 Å². The predicted molar refractivity (Wildman–Crippen MR) is 86.6 cm³/mol. The maximum absolute atomic E-state index is 12.8. The van der Waals surface area contributed by atoms with Gasteiger partial charge in [-0.15, -0.1) is 0 Å². The van der Waals surface area contributed by atoms with Crippen LogP contribution >= 0.6 is 0 Å². The SMILES string of the molecule is COCC1(C(=O)O)CCN(C(=O)c2occc2-c2ccccc2)C1. The number of carbonyl (C=O) groups is 2. The quantitative estimate of drug-likeness (QED) is 0.912. The minimum absolute atomic E-state index is 0.0792. The normalized spacial score (nSPS) is 20.3. The minimum Gasteiger partial charge on any atom is -0.481 e. The average molecular weight is 329 g/mol. The summed E-state index contributed by atoms with van der Waals surface area (Å²) in [6.45, 7) is 0.559. The van der Waals surface area contributed by atoms with E-state index in [2.05, 4.69) is 0 Å². The molecule has 0 radical (unpaired) electrons. The number of hydrogen-bond acceptors (Lipinski definition) is 4. The molecule has 0 spiro atoms. The number of methoxy groups -OCH3 is 1. The van der Waals surface area contributed by atoms with E-state index in [1.54, 1.807) is 6.07 Å². The van der Waals surface area contributed by atoms with E-state index >= 15 is 0 Å². The van der Waals surface area contributed by atoms with Crippen molar-refractivity contribution in [1.82, 2.24) is 4.90 Å². The predicted octanol–water partition coefficient (Wildman–Crippen LogP) is 2.51. The molecule has 0 saturated carbocycles. The lowest BCUT2D eigenvalue weighted by molar-refractivity contribution is -0.151. The molecule has 1 atom stereocenters. The number of carboxylic acid groups (broad SMARTS) is 1. The fourth-order valence-corrected chi connectivity index (χ4v) is 3.14. The Labute approximate surface area is 139 Å². The van der Waals surface area contributed by atoms with Crippen molar-refractivity contribution in [3.05, 3.63) is 48.4 Å². The first-order valence-corrected chi connectivity index (χ1v) is 7.72. The van der Waals surface area contributed by atoms with Crippen molar-refractivity contribution in [2.75, 3.05) is 26.8 Å². The highest BCUT2D eigenvalue weighted by molar-refractivity contribution is 5.98. The number of benzene rings is 1. The van der Waals surface area contributed by atoms with Crippen LogP contribution in [0.2, 0.25) is 0 Å². The first-order chi connectivity index (χ1) is 11.6. The number of carbonyl (C=O) groups excluding carboxylic acids is 1. The number of amides is 1. The summed E-state index contributed by atoms with van der Waals surface area (Å²) in [6, 6.07) is 11.2. The Hall–Kier alpha value is -2.60. The number of carboxylic acids is 1. The molecule has 1 aromatic carbocycles. The van der Waals surface area contributed by atoms with Crippen LogP contribution in [0.4, 0.5) is 0 Å². The van der Waals surface area contributed by atoms with Gasteiger partial charge in [0.05, 0.1) is 12.9 Å². The third-order valence-corrected chi connectivity index (χ3v) is 4.46. The van der Waals surface area contributed by atoms with Crippen molar-refractivity contribution in [3.8, 4) is 11.1 Å². The van der Waals surface area contributed by atoms with Crippen molar-refractivity contribution in [1.29, 1.82) is 0 Å². The minimum atomic E-state index is -1.05. The van der Waals surface area contributed by atoms with Crippen molar-refractivity contribution < 1.29 is 23.8 Å². The van der Waals surface area contributed by atoms with Crippen molar-refractivity contribution in [3.63, 3.8) is 0 Å². The molecule has 1 fully saturated rings. The van der Waals surface area contributed by atoms with Crippen molar-refractivity contribution in [2.45, 2.75) is 6.42 Å². The maximum atomic E-state index is 12.8. The standard InChI is InChI=1S/C18H19NO5/c1-23-12-18(17(21)22)8-9-19(11-18)16(20)15-14(7-10-24-15)13-5-3-2-4-6-13/h2-7,10H,8-9,11-12H2,1H3,(H,21,22). The van der Waals surface area contributed by atoms with Gasteiger partial charge in [-0.1, -0.05) is 30.3 Å². The molecule has 6 heteroatoms. The molecule has 1 N–H and O–H groups in total. The number of hydrogen-bond donors (Lipinski definition) is 1. The van der Waals surface area contributed by atoms with Gasteiger partial charge in [-0.3, -0.25) is 9.59 Å². The van der Waals surface area contributed by atoms with Crippen LogP contribution in [0.5, 0.6) is 0 Å². The molecule has 1 unspecified atom stereocenters. The van der Waals surface area contributed by atoms with E-state index in [1.165, 1.54) is 18.3 Å². The zero-order valence-corrected chi connectivity index (χ0v) is 13.4. The zero-order valence-electron chi connectivity index (χ0n) is 13.4. The van der Waals surface area contributed by atoms with E-state index in [1.807, 2.05) is 30.3 Å². The van der Waals surface area contributed by atoms with Gasteiger partial charge in [0.2, 0.25) is 0 Å². The molecule has 0 bridgehead atoms. The molecule has 126 valence electrons. The Bertz CT molecular complexity index is 739. The van der Waals surface area contributed by atoms with Crippen molar-refractivity contribution in [2.24, 2.45) is 5.41 Å². The maximum Gasteiger partial charge on any atom is 0.313 e. The Morgan fingerprint density at radius 3 is 2.71 bits per heavy atom. The summed E-state index contributed by atoms with van der Waals surface area (Å²) in [6.07, 6.45) is 1.84. The average Bonchev–Trinajstić information content (AvgIpc) is 3.23. The van der Waals surface area contributed by atoms with Crippen LogP contribution in [0.3, 0.4) is 0 Å². The third-order valence-electron chi connectivity index (χ3n) is 4.46. The molecule has 2 aromatic rings. The topological polar surface area (TPSA) is 80.0 Å².